The van der Waals surface area contributed by atoms with Gasteiger partial charge in [-0.05, 0) is 82.5 Å². The van der Waals surface area contributed by atoms with Gasteiger partial charge in [-0.2, -0.15) is 0 Å². The van der Waals surface area contributed by atoms with E-state index in [1.807, 2.05) is 63.2 Å². The van der Waals surface area contributed by atoms with Crippen molar-refractivity contribution in [3.05, 3.63) is 89.1 Å². The first-order chi connectivity index (χ1) is 14.6. The van der Waals surface area contributed by atoms with E-state index >= 15 is 0 Å². The minimum atomic E-state index is 0.689. The summed E-state index contributed by atoms with van der Waals surface area (Å²) in [5.74, 6) is 0.689. The second-order valence-corrected chi connectivity index (χ2v) is 7.52. The van der Waals surface area contributed by atoms with Crippen molar-refractivity contribution in [3.63, 3.8) is 0 Å². The van der Waals surface area contributed by atoms with Gasteiger partial charge in [-0.3, -0.25) is 9.97 Å². The van der Waals surface area contributed by atoms with Gasteiger partial charge in [-0.25, -0.2) is 15.0 Å². The van der Waals surface area contributed by atoms with E-state index in [9.17, 15) is 0 Å². The topological polar surface area (TPSA) is 64.5 Å². The zero-order chi connectivity index (χ0) is 20.9. The molecule has 0 N–H and O–H groups in total. The van der Waals surface area contributed by atoms with E-state index in [0.29, 0.717) is 5.82 Å². The maximum Gasteiger partial charge on any atom is 0.178 e. The summed E-state index contributed by atoms with van der Waals surface area (Å²) in [5, 5.41) is 0. The van der Waals surface area contributed by atoms with Crippen molar-refractivity contribution >= 4 is 0 Å². The predicted molar refractivity (Wildman–Crippen MR) is 119 cm³/mol. The van der Waals surface area contributed by atoms with Crippen LogP contribution in [-0.2, 0) is 12.8 Å². The first-order valence-corrected chi connectivity index (χ1v) is 10.3. The van der Waals surface area contributed by atoms with Gasteiger partial charge >= 0.3 is 0 Å². The molecule has 0 radical (unpaired) electrons. The van der Waals surface area contributed by atoms with Gasteiger partial charge in [-0.15, -0.1) is 0 Å². The molecule has 0 saturated heterocycles. The van der Waals surface area contributed by atoms with Gasteiger partial charge in [0, 0.05) is 28.5 Å². The summed E-state index contributed by atoms with van der Waals surface area (Å²) < 4.78 is 0. The molecule has 4 rings (SSSR count). The van der Waals surface area contributed by atoms with Crippen LogP contribution in [0.25, 0.3) is 22.9 Å². The van der Waals surface area contributed by atoms with Crippen LogP contribution in [0.5, 0.6) is 0 Å². The third-order valence-electron chi connectivity index (χ3n) is 4.84. The average Bonchev–Trinajstić information content (AvgIpc) is 2.74. The van der Waals surface area contributed by atoms with E-state index < -0.39 is 0 Å². The summed E-state index contributed by atoms with van der Waals surface area (Å²) in [4.78, 5) is 23.2. The molecule has 0 aromatic carbocycles. The molecule has 4 heterocycles. The summed E-state index contributed by atoms with van der Waals surface area (Å²) >= 11 is 0. The Hall–Kier alpha value is -3.47. The third-order valence-corrected chi connectivity index (χ3v) is 4.84. The molecule has 0 aliphatic heterocycles. The van der Waals surface area contributed by atoms with E-state index in [2.05, 4.69) is 33.2 Å². The van der Waals surface area contributed by atoms with Gasteiger partial charge in [0.15, 0.2) is 5.82 Å². The van der Waals surface area contributed by atoms with E-state index in [-0.39, 0.29) is 0 Å². The first-order valence-electron chi connectivity index (χ1n) is 10.3. The first kappa shape index (κ1) is 19.8. The Bertz CT molecular complexity index is 1150. The Labute approximate surface area is 177 Å². The van der Waals surface area contributed by atoms with Gasteiger partial charge in [0.05, 0.1) is 11.4 Å². The molecule has 5 nitrogen and oxygen atoms in total. The van der Waals surface area contributed by atoms with E-state index in [4.69, 9.17) is 9.97 Å². The molecule has 0 spiro atoms. The third kappa shape index (κ3) is 4.92. The zero-order valence-corrected chi connectivity index (χ0v) is 17.6. The number of nitrogens with zero attached hydrogens (tertiary/aromatic N) is 5. The van der Waals surface area contributed by atoms with Crippen LogP contribution in [0.4, 0.5) is 0 Å². The summed E-state index contributed by atoms with van der Waals surface area (Å²) in [6, 6.07) is 20.2. The second-order valence-electron chi connectivity index (χ2n) is 7.52. The highest BCUT2D eigenvalue weighted by molar-refractivity contribution is 5.54. The smallest absolute Gasteiger partial charge is 0.178 e. The Morgan fingerprint density at radius 2 is 1.07 bits per heavy atom. The molecule has 0 fully saturated rings. The fraction of sp³-hybridized carbons (Fsp3) is 0.240. The molecule has 0 unspecified atom stereocenters. The molecule has 150 valence electrons. The number of aromatic nitrogens is 5. The van der Waals surface area contributed by atoms with Crippen molar-refractivity contribution in [1.29, 1.82) is 0 Å². The Balaban J connectivity index is 1.43. The number of aryl methyl sites for hydroxylation is 5. The molecule has 30 heavy (non-hydrogen) atoms. The highest BCUT2D eigenvalue weighted by Gasteiger charge is 2.07. The van der Waals surface area contributed by atoms with Crippen LogP contribution >= 0.6 is 0 Å². The normalized spacial score (nSPS) is 10.9. The fourth-order valence-electron chi connectivity index (χ4n) is 3.48. The van der Waals surface area contributed by atoms with Crippen molar-refractivity contribution in [2.24, 2.45) is 0 Å². The molecule has 4 aromatic rings. The lowest BCUT2D eigenvalue weighted by Crippen LogP contribution is -2.00. The summed E-state index contributed by atoms with van der Waals surface area (Å²) in [6.07, 6.45) is 2.75. The van der Waals surface area contributed by atoms with Crippen LogP contribution in [0.3, 0.4) is 0 Å². The Kier molecular flexibility index (Phi) is 5.89. The van der Waals surface area contributed by atoms with Gasteiger partial charge in [0.25, 0.3) is 0 Å². The zero-order valence-electron chi connectivity index (χ0n) is 17.6. The van der Waals surface area contributed by atoms with Crippen molar-refractivity contribution in [1.82, 2.24) is 24.9 Å². The highest BCUT2D eigenvalue weighted by atomic mass is 14.9. The fourth-order valence-corrected chi connectivity index (χ4v) is 3.48. The number of hydrogen-bond donors (Lipinski definition) is 0. The summed E-state index contributed by atoms with van der Waals surface area (Å²) in [7, 11) is 0. The largest absolute Gasteiger partial charge is 0.251 e. The second kappa shape index (κ2) is 8.91. The summed E-state index contributed by atoms with van der Waals surface area (Å²) in [6.45, 7) is 5.96. The van der Waals surface area contributed by atoms with Crippen molar-refractivity contribution in [2.75, 3.05) is 0 Å². The Morgan fingerprint density at radius 3 is 1.70 bits per heavy atom. The van der Waals surface area contributed by atoms with Crippen molar-refractivity contribution < 1.29 is 0 Å². The van der Waals surface area contributed by atoms with Crippen LogP contribution in [0, 0.1) is 20.8 Å². The minimum Gasteiger partial charge on any atom is -0.251 e. The quantitative estimate of drug-likeness (QED) is 0.455. The maximum absolute atomic E-state index is 4.80. The standard InChI is InChI=1S/C25H25N5/c1-17-8-4-13-22(26-17)23-14-6-11-20(29-23)9-5-10-21-12-7-15-24(30-21)25-27-18(2)16-19(3)28-25/h4,6-8,11-16H,5,9-10H2,1-3H3. The van der Waals surface area contributed by atoms with Crippen molar-refractivity contribution in [2.45, 2.75) is 40.0 Å². The highest BCUT2D eigenvalue weighted by Crippen LogP contribution is 2.17. The van der Waals surface area contributed by atoms with Gasteiger partial charge in [0.1, 0.15) is 5.69 Å². The molecular formula is C25H25N5. The summed E-state index contributed by atoms with van der Waals surface area (Å²) in [5.41, 5.74) is 7.69. The lowest BCUT2D eigenvalue weighted by atomic mass is 10.1. The molecule has 0 amide bonds. The van der Waals surface area contributed by atoms with E-state index in [1.165, 1.54) is 0 Å². The van der Waals surface area contributed by atoms with E-state index in [1.54, 1.807) is 0 Å². The van der Waals surface area contributed by atoms with Gasteiger partial charge in [-0.1, -0.05) is 18.2 Å². The molecule has 0 aliphatic carbocycles. The average molecular weight is 396 g/mol. The van der Waals surface area contributed by atoms with E-state index in [0.717, 1.165) is 64.8 Å². The molecule has 0 aliphatic rings. The number of rotatable bonds is 6. The molecule has 0 atom stereocenters. The molecule has 0 saturated carbocycles. The number of pyridine rings is 3. The van der Waals surface area contributed by atoms with Gasteiger partial charge < -0.3 is 0 Å². The lowest BCUT2D eigenvalue weighted by Gasteiger charge is -2.07. The predicted octanol–water partition coefficient (Wildman–Crippen LogP) is 5.10. The van der Waals surface area contributed by atoms with Gasteiger partial charge in [0.2, 0.25) is 0 Å². The molecule has 4 aromatic heterocycles. The van der Waals surface area contributed by atoms with Crippen LogP contribution < -0.4 is 0 Å². The molecule has 0 bridgehead atoms. The maximum atomic E-state index is 4.80. The minimum absolute atomic E-state index is 0.689. The molecular weight excluding hydrogens is 370 g/mol. The van der Waals surface area contributed by atoms with Crippen LogP contribution in [0.15, 0.2) is 60.7 Å². The molecule has 5 heteroatoms. The SMILES string of the molecule is Cc1cccc(-c2cccc(CCCc3cccc(-c4nc(C)cc(C)n4)n3)n2)n1. The lowest BCUT2D eigenvalue weighted by molar-refractivity contribution is 0.782. The van der Waals surface area contributed by atoms with Crippen LogP contribution in [-0.4, -0.2) is 24.9 Å². The van der Waals surface area contributed by atoms with Crippen molar-refractivity contribution in [3.8, 4) is 22.9 Å². The monoisotopic (exact) mass is 395 g/mol. The van der Waals surface area contributed by atoms with Crippen LogP contribution in [0.1, 0.15) is 34.9 Å². The van der Waals surface area contributed by atoms with Crippen LogP contribution in [0.2, 0.25) is 0 Å². The number of hydrogen-bond acceptors (Lipinski definition) is 5. The Morgan fingerprint density at radius 1 is 0.533 bits per heavy atom.